The summed E-state index contributed by atoms with van der Waals surface area (Å²) in [5.41, 5.74) is 6.10. The Kier molecular flexibility index (Phi) is 3.58. The summed E-state index contributed by atoms with van der Waals surface area (Å²) in [6.07, 6.45) is 0.500. The maximum atomic E-state index is 13.2. The Bertz CT molecular complexity index is 360. The van der Waals surface area contributed by atoms with E-state index in [2.05, 4.69) is 0 Å². The Hall–Kier alpha value is -0.800. The van der Waals surface area contributed by atoms with Crippen LogP contribution in [0.25, 0.3) is 0 Å². The van der Waals surface area contributed by atoms with Crippen molar-refractivity contribution in [2.24, 2.45) is 5.73 Å². The smallest absolute Gasteiger partial charge is 0.140 e. The first-order valence-corrected chi connectivity index (χ1v) is 5.02. The lowest BCUT2D eigenvalue weighted by Gasteiger charge is -2.20. The van der Waals surface area contributed by atoms with E-state index in [-0.39, 0.29) is 5.82 Å². The second kappa shape index (κ2) is 4.37. The molecule has 0 aliphatic rings. The van der Waals surface area contributed by atoms with E-state index in [1.807, 2.05) is 13.8 Å². The molecule has 84 valence electrons. The van der Waals surface area contributed by atoms with Gasteiger partial charge in [0.15, 0.2) is 0 Å². The Labute approximate surface area is 94.2 Å². The van der Waals surface area contributed by atoms with Gasteiger partial charge >= 0.3 is 0 Å². The molecule has 0 saturated heterocycles. The van der Waals surface area contributed by atoms with Crippen molar-refractivity contribution in [1.82, 2.24) is 0 Å². The minimum absolute atomic E-state index is 0.343. The maximum absolute atomic E-state index is 13.2. The van der Waals surface area contributed by atoms with E-state index in [1.54, 1.807) is 0 Å². The molecule has 0 unspecified atom stereocenters. The molecule has 0 fully saturated rings. The third-order valence-electron chi connectivity index (χ3n) is 1.95. The molecular weight excluding hydrogens is 217 g/mol. The van der Waals surface area contributed by atoms with Gasteiger partial charge in [0.2, 0.25) is 0 Å². The van der Waals surface area contributed by atoms with Crippen molar-refractivity contribution in [3.05, 3.63) is 28.5 Å². The van der Waals surface area contributed by atoms with Crippen LogP contribution in [0.5, 0.6) is 5.75 Å². The highest BCUT2D eigenvalue weighted by Gasteiger charge is 2.17. The van der Waals surface area contributed by atoms with Crippen molar-refractivity contribution in [2.45, 2.75) is 25.8 Å². The van der Waals surface area contributed by atoms with Crippen LogP contribution >= 0.6 is 11.6 Å². The molecule has 0 atom stereocenters. The molecule has 0 aliphatic carbocycles. The summed E-state index contributed by atoms with van der Waals surface area (Å²) < 4.78 is 18.2. The van der Waals surface area contributed by atoms with E-state index < -0.39 is 5.54 Å². The summed E-state index contributed by atoms with van der Waals surface area (Å²) in [5, 5.41) is 0.428. The molecule has 0 amide bonds. The number of methoxy groups -OCH3 is 1. The second-order valence-electron chi connectivity index (χ2n) is 4.25. The van der Waals surface area contributed by atoms with Gasteiger partial charge in [0, 0.05) is 11.6 Å². The molecule has 1 rings (SSSR count). The molecular formula is C11H15ClFNO. The Morgan fingerprint density at radius 2 is 2.07 bits per heavy atom. The number of benzene rings is 1. The first-order valence-electron chi connectivity index (χ1n) is 4.64. The molecule has 0 aromatic heterocycles. The number of rotatable bonds is 3. The van der Waals surface area contributed by atoms with Crippen molar-refractivity contribution in [2.75, 3.05) is 7.11 Å². The maximum Gasteiger partial charge on any atom is 0.140 e. The van der Waals surface area contributed by atoms with Gasteiger partial charge in [-0.2, -0.15) is 0 Å². The van der Waals surface area contributed by atoms with Crippen LogP contribution in [0.4, 0.5) is 4.39 Å². The summed E-state index contributed by atoms with van der Waals surface area (Å²) in [5.74, 6) is -0.0218. The Balaban J connectivity index is 3.12. The highest BCUT2D eigenvalue weighted by Crippen LogP contribution is 2.31. The van der Waals surface area contributed by atoms with E-state index in [0.717, 1.165) is 0 Å². The Morgan fingerprint density at radius 1 is 1.47 bits per heavy atom. The lowest BCUT2D eigenvalue weighted by atomic mass is 9.96. The Morgan fingerprint density at radius 3 is 2.53 bits per heavy atom. The zero-order chi connectivity index (χ0) is 11.6. The van der Waals surface area contributed by atoms with E-state index in [4.69, 9.17) is 22.1 Å². The SMILES string of the molecule is COc1cc(F)cc(CC(C)(C)N)c1Cl. The largest absolute Gasteiger partial charge is 0.495 e. The predicted molar refractivity (Wildman–Crippen MR) is 59.9 cm³/mol. The normalized spacial score (nSPS) is 11.6. The number of halogens is 2. The summed E-state index contributed by atoms with van der Waals surface area (Å²) in [4.78, 5) is 0. The topological polar surface area (TPSA) is 35.2 Å². The van der Waals surface area contributed by atoms with Gasteiger partial charge in [-0.3, -0.25) is 0 Å². The van der Waals surface area contributed by atoms with Crippen molar-refractivity contribution < 1.29 is 9.13 Å². The highest BCUT2D eigenvalue weighted by atomic mass is 35.5. The summed E-state index contributed by atoms with van der Waals surface area (Å²) >= 11 is 6.04. The number of ether oxygens (including phenoxy) is 1. The van der Waals surface area contributed by atoms with Crippen molar-refractivity contribution in [1.29, 1.82) is 0 Å². The van der Waals surface area contributed by atoms with Gasteiger partial charge in [-0.25, -0.2) is 4.39 Å². The van der Waals surface area contributed by atoms with Crippen molar-refractivity contribution in [3.63, 3.8) is 0 Å². The lowest BCUT2D eigenvalue weighted by Crippen LogP contribution is -2.34. The number of nitrogens with two attached hydrogens (primary N) is 1. The van der Waals surface area contributed by atoms with Crippen LogP contribution in [0, 0.1) is 5.82 Å². The van der Waals surface area contributed by atoms with E-state index >= 15 is 0 Å². The zero-order valence-corrected chi connectivity index (χ0v) is 9.86. The molecule has 0 bridgehead atoms. The average molecular weight is 232 g/mol. The predicted octanol–water partition coefficient (Wildman–Crippen LogP) is 2.77. The van der Waals surface area contributed by atoms with Crippen LogP contribution in [0.15, 0.2) is 12.1 Å². The van der Waals surface area contributed by atoms with Crippen LogP contribution in [-0.4, -0.2) is 12.6 Å². The zero-order valence-electron chi connectivity index (χ0n) is 9.10. The van der Waals surface area contributed by atoms with Gasteiger partial charge in [-0.1, -0.05) is 11.6 Å². The molecule has 0 spiro atoms. The van der Waals surface area contributed by atoms with Crippen LogP contribution in [0.2, 0.25) is 5.02 Å². The van der Waals surface area contributed by atoms with Gasteiger partial charge in [0.25, 0.3) is 0 Å². The standard InChI is InChI=1S/C11H15ClFNO/c1-11(2,14)6-7-4-8(13)5-9(15-3)10(7)12/h4-5H,6,14H2,1-3H3. The molecule has 0 heterocycles. The van der Waals surface area contributed by atoms with Gasteiger partial charge in [-0.15, -0.1) is 0 Å². The highest BCUT2D eigenvalue weighted by molar-refractivity contribution is 6.32. The quantitative estimate of drug-likeness (QED) is 0.868. The lowest BCUT2D eigenvalue weighted by molar-refractivity contribution is 0.410. The first kappa shape index (κ1) is 12.3. The van der Waals surface area contributed by atoms with Gasteiger partial charge < -0.3 is 10.5 Å². The monoisotopic (exact) mass is 231 g/mol. The van der Waals surface area contributed by atoms with Gasteiger partial charge in [0.05, 0.1) is 12.1 Å². The van der Waals surface area contributed by atoms with Crippen LogP contribution in [-0.2, 0) is 6.42 Å². The molecule has 15 heavy (non-hydrogen) atoms. The van der Waals surface area contributed by atoms with Crippen LogP contribution < -0.4 is 10.5 Å². The summed E-state index contributed by atoms with van der Waals surface area (Å²) in [7, 11) is 1.46. The number of hydrogen-bond donors (Lipinski definition) is 1. The molecule has 0 aliphatic heterocycles. The molecule has 2 N–H and O–H groups in total. The summed E-state index contributed by atoms with van der Waals surface area (Å²) in [6, 6.07) is 2.65. The van der Waals surface area contributed by atoms with Crippen LogP contribution in [0.1, 0.15) is 19.4 Å². The summed E-state index contributed by atoms with van der Waals surface area (Å²) in [6.45, 7) is 3.72. The number of hydrogen-bond acceptors (Lipinski definition) is 2. The van der Waals surface area contributed by atoms with E-state index in [1.165, 1.54) is 19.2 Å². The van der Waals surface area contributed by atoms with E-state index in [9.17, 15) is 4.39 Å². The molecule has 1 aromatic rings. The van der Waals surface area contributed by atoms with Crippen molar-refractivity contribution in [3.8, 4) is 5.75 Å². The fraction of sp³-hybridized carbons (Fsp3) is 0.455. The van der Waals surface area contributed by atoms with E-state index in [0.29, 0.717) is 22.8 Å². The molecule has 1 aromatic carbocycles. The second-order valence-corrected chi connectivity index (χ2v) is 4.62. The fourth-order valence-electron chi connectivity index (χ4n) is 1.39. The third-order valence-corrected chi connectivity index (χ3v) is 2.37. The fourth-order valence-corrected chi connectivity index (χ4v) is 1.64. The molecule has 4 heteroatoms. The van der Waals surface area contributed by atoms with Gasteiger partial charge in [0.1, 0.15) is 11.6 Å². The van der Waals surface area contributed by atoms with Crippen LogP contribution in [0.3, 0.4) is 0 Å². The minimum atomic E-state index is -0.428. The molecule has 2 nitrogen and oxygen atoms in total. The van der Waals surface area contributed by atoms with Crippen molar-refractivity contribution >= 4 is 11.6 Å². The molecule has 0 radical (unpaired) electrons. The van der Waals surface area contributed by atoms with Gasteiger partial charge in [-0.05, 0) is 31.9 Å². The first-order chi connectivity index (χ1) is 6.83. The molecule has 0 saturated carbocycles. The third kappa shape index (κ3) is 3.36. The minimum Gasteiger partial charge on any atom is -0.495 e. The average Bonchev–Trinajstić information content (AvgIpc) is 2.08.